The number of carbonyl (C=O) groups excluding carboxylic acids is 3. The molecule has 8 nitrogen and oxygen atoms in total. The molecule has 2 saturated heterocycles. The van der Waals surface area contributed by atoms with Crippen LogP contribution in [0.2, 0.25) is 0 Å². The summed E-state index contributed by atoms with van der Waals surface area (Å²) in [7, 11) is 0. The zero-order valence-electron chi connectivity index (χ0n) is 14.6. The van der Waals surface area contributed by atoms with E-state index < -0.39 is 0 Å². The SMILES string of the molecule is CC(=O)NCC(=O)N1CCC2(CC(=O)N(c3ccc4c(c3)OCO4)C2)C1. The number of carbonyl (C=O) groups is 3. The monoisotopic (exact) mass is 359 g/mol. The van der Waals surface area contributed by atoms with E-state index in [2.05, 4.69) is 5.32 Å². The smallest absolute Gasteiger partial charge is 0.241 e. The fraction of sp³-hybridized carbons (Fsp3) is 0.500. The van der Waals surface area contributed by atoms with E-state index in [1.54, 1.807) is 9.80 Å². The van der Waals surface area contributed by atoms with E-state index in [1.165, 1.54) is 6.92 Å². The lowest BCUT2D eigenvalue weighted by Crippen LogP contribution is -2.40. The number of anilines is 1. The number of nitrogens with one attached hydrogen (secondary N) is 1. The summed E-state index contributed by atoms with van der Waals surface area (Å²) < 4.78 is 10.7. The Hall–Kier alpha value is -2.77. The number of hydrogen-bond acceptors (Lipinski definition) is 5. The molecular weight excluding hydrogens is 338 g/mol. The minimum Gasteiger partial charge on any atom is -0.454 e. The van der Waals surface area contributed by atoms with E-state index in [0.29, 0.717) is 37.6 Å². The maximum Gasteiger partial charge on any atom is 0.241 e. The number of likely N-dealkylation sites (tertiary alicyclic amines) is 1. The molecule has 1 unspecified atom stereocenters. The van der Waals surface area contributed by atoms with Crippen molar-refractivity contribution in [2.75, 3.05) is 37.9 Å². The first-order chi connectivity index (χ1) is 12.5. The maximum absolute atomic E-state index is 12.6. The first-order valence-corrected chi connectivity index (χ1v) is 8.68. The molecule has 0 saturated carbocycles. The third-order valence-electron chi connectivity index (χ3n) is 5.27. The summed E-state index contributed by atoms with van der Waals surface area (Å²) in [4.78, 5) is 39.3. The molecule has 3 aliphatic heterocycles. The molecule has 1 spiro atoms. The molecule has 3 amide bonds. The van der Waals surface area contributed by atoms with Crippen molar-refractivity contribution >= 4 is 23.4 Å². The molecule has 8 heteroatoms. The van der Waals surface area contributed by atoms with Crippen molar-refractivity contribution in [1.82, 2.24) is 10.2 Å². The Morgan fingerprint density at radius 1 is 1.23 bits per heavy atom. The fourth-order valence-corrected chi connectivity index (χ4v) is 3.92. The normalized spacial score (nSPS) is 23.8. The molecule has 1 aromatic carbocycles. The Kier molecular flexibility index (Phi) is 3.97. The van der Waals surface area contributed by atoms with Crippen molar-refractivity contribution in [2.24, 2.45) is 5.41 Å². The lowest BCUT2D eigenvalue weighted by atomic mass is 9.86. The third-order valence-corrected chi connectivity index (χ3v) is 5.27. The first-order valence-electron chi connectivity index (χ1n) is 8.68. The van der Waals surface area contributed by atoms with Crippen molar-refractivity contribution < 1.29 is 23.9 Å². The number of hydrogen-bond donors (Lipinski definition) is 1. The summed E-state index contributed by atoms with van der Waals surface area (Å²) in [6.45, 7) is 3.32. The Morgan fingerprint density at radius 3 is 2.85 bits per heavy atom. The molecule has 4 rings (SSSR count). The number of rotatable bonds is 3. The van der Waals surface area contributed by atoms with Gasteiger partial charge < -0.3 is 24.6 Å². The number of nitrogens with zero attached hydrogens (tertiary/aromatic N) is 2. The van der Waals surface area contributed by atoms with E-state index in [1.807, 2.05) is 18.2 Å². The summed E-state index contributed by atoms with van der Waals surface area (Å²) in [5, 5.41) is 2.54. The molecule has 26 heavy (non-hydrogen) atoms. The minimum absolute atomic E-state index is 0.00519. The van der Waals surface area contributed by atoms with Crippen molar-refractivity contribution in [2.45, 2.75) is 19.8 Å². The van der Waals surface area contributed by atoms with Gasteiger partial charge in [0, 0.05) is 50.1 Å². The Balaban J connectivity index is 1.44. The molecule has 1 N–H and O–H groups in total. The van der Waals surface area contributed by atoms with Gasteiger partial charge in [-0.3, -0.25) is 14.4 Å². The Morgan fingerprint density at radius 2 is 2.04 bits per heavy atom. The summed E-state index contributed by atoms with van der Waals surface area (Å²) >= 11 is 0. The van der Waals surface area contributed by atoms with Crippen LogP contribution >= 0.6 is 0 Å². The van der Waals surface area contributed by atoms with Crippen molar-refractivity contribution in [3.63, 3.8) is 0 Å². The lowest BCUT2D eigenvalue weighted by molar-refractivity contribution is -0.132. The van der Waals surface area contributed by atoms with Gasteiger partial charge in [-0.15, -0.1) is 0 Å². The molecule has 1 aromatic rings. The van der Waals surface area contributed by atoms with Crippen LogP contribution in [0.3, 0.4) is 0 Å². The number of benzene rings is 1. The van der Waals surface area contributed by atoms with Crippen LogP contribution in [0, 0.1) is 5.41 Å². The van der Waals surface area contributed by atoms with E-state index in [-0.39, 0.29) is 36.5 Å². The highest BCUT2D eigenvalue weighted by atomic mass is 16.7. The summed E-state index contributed by atoms with van der Waals surface area (Å²) in [5.41, 5.74) is 0.568. The molecule has 138 valence electrons. The van der Waals surface area contributed by atoms with E-state index in [4.69, 9.17) is 9.47 Å². The molecule has 0 aromatic heterocycles. The molecule has 1 atom stereocenters. The fourth-order valence-electron chi connectivity index (χ4n) is 3.92. The highest BCUT2D eigenvalue weighted by molar-refractivity contribution is 5.97. The minimum atomic E-state index is -0.225. The average Bonchev–Trinajstić information content (AvgIpc) is 3.31. The van der Waals surface area contributed by atoms with Gasteiger partial charge >= 0.3 is 0 Å². The van der Waals surface area contributed by atoms with Gasteiger partial charge in [0.1, 0.15) is 0 Å². The molecule has 3 aliphatic rings. The van der Waals surface area contributed by atoms with Gasteiger partial charge in [-0.05, 0) is 18.6 Å². The Bertz CT molecular complexity index is 780. The molecule has 0 radical (unpaired) electrons. The average molecular weight is 359 g/mol. The molecular formula is C18H21N3O5. The third kappa shape index (κ3) is 2.95. The van der Waals surface area contributed by atoms with Gasteiger partial charge in [0.25, 0.3) is 0 Å². The molecule has 0 bridgehead atoms. The lowest BCUT2D eigenvalue weighted by Gasteiger charge is -2.24. The summed E-state index contributed by atoms with van der Waals surface area (Å²) in [5.74, 6) is 1.06. The van der Waals surface area contributed by atoms with Crippen LogP contribution in [-0.4, -0.2) is 55.6 Å². The van der Waals surface area contributed by atoms with E-state index in [9.17, 15) is 14.4 Å². The molecule has 0 aliphatic carbocycles. The van der Waals surface area contributed by atoms with Crippen molar-refractivity contribution in [3.05, 3.63) is 18.2 Å². The second kappa shape index (κ2) is 6.19. The maximum atomic E-state index is 12.6. The van der Waals surface area contributed by atoms with Crippen molar-refractivity contribution in [3.8, 4) is 11.5 Å². The van der Waals surface area contributed by atoms with Gasteiger partial charge in [0.05, 0.1) is 6.54 Å². The second-order valence-electron chi connectivity index (χ2n) is 7.17. The Labute approximate surface area is 151 Å². The summed E-state index contributed by atoms with van der Waals surface area (Å²) in [6, 6.07) is 5.50. The zero-order valence-corrected chi connectivity index (χ0v) is 14.6. The van der Waals surface area contributed by atoms with Gasteiger partial charge in [-0.2, -0.15) is 0 Å². The van der Waals surface area contributed by atoms with Crippen LogP contribution in [0.5, 0.6) is 11.5 Å². The van der Waals surface area contributed by atoms with Crippen LogP contribution in [0.1, 0.15) is 19.8 Å². The van der Waals surface area contributed by atoms with Crippen LogP contribution in [0.25, 0.3) is 0 Å². The molecule has 2 fully saturated rings. The van der Waals surface area contributed by atoms with Crippen LogP contribution in [0.4, 0.5) is 5.69 Å². The predicted molar refractivity (Wildman–Crippen MR) is 91.8 cm³/mol. The predicted octanol–water partition coefficient (Wildman–Crippen LogP) is 0.507. The van der Waals surface area contributed by atoms with Gasteiger partial charge in [-0.1, -0.05) is 0 Å². The largest absolute Gasteiger partial charge is 0.454 e. The highest BCUT2D eigenvalue weighted by Crippen LogP contribution is 2.43. The zero-order chi connectivity index (χ0) is 18.3. The van der Waals surface area contributed by atoms with Crippen molar-refractivity contribution in [1.29, 1.82) is 0 Å². The molecule has 3 heterocycles. The quantitative estimate of drug-likeness (QED) is 0.849. The van der Waals surface area contributed by atoms with Crippen LogP contribution in [0.15, 0.2) is 18.2 Å². The number of amides is 3. The number of fused-ring (bicyclic) bond motifs is 1. The van der Waals surface area contributed by atoms with E-state index >= 15 is 0 Å². The van der Waals surface area contributed by atoms with E-state index in [0.717, 1.165) is 12.1 Å². The number of ether oxygens (including phenoxy) is 2. The standard InChI is InChI=1S/C18H21N3O5/c1-12(22)19-8-17(24)20-5-4-18(9-20)7-16(23)21(10-18)13-2-3-14-15(6-13)26-11-25-14/h2-3,6H,4-5,7-11H2,1H3,(H,19,22). The second-order valence-corrected chi connectivity index (χ2v) is 7.17. The summed E-state index contributed by atoms with van der Waals surface area (Å²) in [6.07, 6.45) is 1.21. The van der Waals surface area contributed by atoms with Crippen LogP contribution in [-0.2, 0) is 14.4 Å². The van der Waals surface area contributed by atoms with Crippen LogP contribution < -0.4 is 19.7 Å². The highest BCUT2D eigenvalue weighted by Gasteiger charge is 2.48. The van der Waals surface area contributed by atoms with Gasteiger partial charge in [-0.25, -0.2) is 0 Å². The van der Waals surface area contributed by atoms with Gasteiger partial charge in [0.15, 0.2) is 11.5 Å². The van der Waals surface area contributed by atoms with Gasteiger partial charge in [0.2, 0.25) is 24.5 Å². The first kappa shape index (κ1) is 16.7. The topological polar surface area (TPSA) is 88.2 Å².